The third-order valence-corrected chi connectivity index (χ3v) is 4.60. The Labute approximate surface area is 128 Å². The number of rotatable bonds is 3. The Bertz CT molecular complexity index is 707. The first kappa shape index (κ1) is 13.9. The van der Waals surface area contributed by atoms with Gasteiger partial charge in [-0.3, -0.25) is 9.78 Å². The van der Waals surface area contributed by atoms with Crippen molar-refractivity contribution >= 4 is 39.7 Å². The van der Waals surface area contributed by atoms with Crippen LogP contribution in [0, 0.1) is 5.41 Å². The number of hydrogen-bond donors (Lipinski definition) is 2. The van der Waals surface area contributed by atoms with Crippen molar-refractivity contribution in [2.75, 3.05) is 5.32 Å². The van der Waals surface area contributed by atoms with E-state index in [0.29, 0.717) is 10.7 Å². The van der Waals surface area contributed by atoms with E-state index in [1.807, 2.05) is 30.3 Å². The van der Waals surface area contributed by atoms with Gasteiger partial charge in [0.2, 0.25) is 5.91 Å². The molecule has 0 bridgehead atoms. The SMILES string of the molecule is NC(=S)C1(C(=O)Nc2cnc3ccccc3c2)CCCC1. The summed E-state index contributed by atoms with van der Waals surface area (Å²) in [6.45, 7) is 0. The minimum Gasteiger partial charge on any atom is -0.392 e. The summed E-state index contributed by atoms with van der Waals surface area (Å²) in [6, 6.07) is 9.71. The van der Waals surface area contributed by atoms with E-state index in [-0.39, 0.29) is 5.91 Å². The lowest BCUT2D eigenvalue weighted by molar-refractivity contribution is -0.122. The van der Waals surface area contributed by atoms with Crippen LogP contribution in [0.2, 0.25) is 0 Å². The lowest BCUT2D eigenvalue weighted by Crippen LogP contribution is -2.43. The molecule has 1 heterocycles. The number of amides is 1. The second-order valence-corrected chi connectivity index (χ2v) is 5.96. The summed E-state index contributed by atoms with van der Waals surface area (Å²) >= 11 is 5.14. The van der Waals surface area contributed by atoms with Crippen LogP contribution >= 0.6 is 12.2 Å². The number of nitrogens with two attached hydrogens (primary N) is 1. The van der Waals surface area contributed by atoms with Crippen molar-refractivity contribution in [1.29, 1.82) is 0 Å². The predicted octanol–water partition coefficient (Wildman–Crippen LogP) is 3.02. The summed E-state index contributed by atoms with van der Waals surface area (Å²) in [6.07, 6.45) is 5.11. The number of hydrogen-bond acceptors (Lipinski definition) is 3. The van der Waals surface area contributed by atoms with Crippen molar-refractivity contribution in [3.05, 3.63) is 36.5 Å². The molecular weight excluding hydrogens is 282 g/mol. The van der Waals surface area contributed by atoms with E-state index < -0.39 is 5.41 Å². The van der Waals surface area contributed by atoms with Gasteiger partial charge in [-0.25, -0.2) is 0 Å². The van der Waals surface area contributed by atoms with E-state index >= 15 is 0 Å². The molecule has 0 saturated heterocycles. The van der Waals surface area contributed by atoms with Crippen LogP contribution in [-0.2, 0) is 4.79 Å². The Balaban J connectivity index is 1.87. The first-order chi connectivity index (χ1) is 10.1. The highest BCUT2D eigenvalue weighted by Gasteiger charge is 2.43. The highest BCUT2D eigenvalue weighted by molar-refractivity contribution is 7.80. The summed E-state index contributed by atoms with van der Waals surface area (Å²) in [5.74, 6) is -0.107. The van der Waals surface area contributed by atoms with Gasteiger partial charge in [-0.15, -0.1) is 0 Å². The van der Waals surface area contributed by atoms with Gasteiger partial charge in [0.15, 0.2) is 0 Å². The van der Waals surface area contributed by atoms with Crippen molar-refractivity contribution in [1.82, 2.24) is 4.98 Å². The van der Waals surface area contributed by atoms with Crippen molar-refractivity contribution in [3.8, 4) is 0 Å². The minimum absolute atomic E-state index is 0.107. The molecule has 0 unspecified atom stereocenters. The number of thiocarbonyl (C=S) groups is 1. The van der Waals surface area contributed by atoms with Gasteiger partial charge in [-0.05, 0) is 25.0 Å². The van der Waals surface area contributed by atoms with Crippen molar-refractivity contribution in [2.45, 2.75) is 25.7 Å². The number of pyridine rings is 1. The predicted molar refractivity (Wildman–Crippen MR) is 88.1 cm³/mol. The Morgan fingerprint density at radius 1 is 1.29 bits per heavy atom. The van der Waals surface area contributed by atoms with E-state index in [9.17, 15) is 4.79 Å². The topological polar surface area (TPSA) is 68.0 Å². The monoisotopic (exact) mass is 299 g/mol. The van der Waals surface area contributed by atoms with Crippen LogP contribution in [0.15, 0.2) is 36.5 Å². The van der Waals surface area contributed by atoms with E-state index in [0.717, 1.165) is 36.6 Å². The molecule has 2 aromatic rings. The number of anilines is 1. The van der Waals surface area contributed by atoms with Crippen LogP contribution < -0.4 is 11.1 Å². The number of nitrogens with zero attached hydrogens (tertiary/aromatic N) is 1. The summed E-state index contributed by atoms with van der Waals surface area (Å²) in [7, 11) is 0. The van der Waals surface area contributed by atoms with Crippen LogP contribution in [0.4, 0.5) is 5.69 Å². The molecule has 21 heavy (non-hydrogen) atoms. The third-order valence-electron chi connectivity index (χ3n) is 4.21. The Hall–Kier alpha value is -2.01. The van der Waals surface area contributed by atoms with Crippen LogP contribution in [0.1, 0.15) is 25.7 Å². The molecule has 0 aliphatic heterocycles. The Morgan fingerprint density at radius 3 is 2.71 bits per heavy atom. The molecule has 3 N–H and O–H groups in total. The summed E-state index contributed by atoms with van der Waals surface area (Å²) in [4.78, 5) is 17.3. The first-order valence-corrected chi connectivity index (χ1v) is 7.49. The quantitative estimate of drug-likeness (QED) is 0.855. The maximum Gasteiger partial charge on any atom is 0.237 e. The normalized spacial score (nSPS) is 16.8. The van der Waals surface area contributed by atoms with Gasteiger partial charge >= 0.3 is 0 Å². The van der Waals surface area contributed by atoms with Gasteiger partial charge in [0, 0.05) is 5.39 Å². The lowest BCUT2D eigenvalue weighted by atomic mass is 9.85. The first-order valence-electron chi connectivity index (χ1n) is 7.08. The highest BCUT2D eigenvalue weighted by atomic mass is 32.1. The molecule has 0 atom stereocenters. The smallest absolute Gasteiger partial charge is 0.237 e. The number of aromatic nitrogens is 1. The summed E-state index contributed by atoms with van der Waals surface area (Å²) < 4.78 is 0. The van der Waals surface area contributed by atoms with Gasteiger partial charge in [0.05, 0.1) is 27.8 Å². The fourth-order valence-corrected chi connectivity index (χ4v) is 3.25. The number of carbonyl (C=O) groups excluding carboxylic acids is 1. The molecule has 1 aromatic carbocycles. The molecule has 1 aromatic heterocycles. The highest BCUT2D eigenvalue weighted by Crippen LogP contribution is 2.39. The van der Waals surface area contributed by atoms with E-state index in [4.69, 9.17) is 18.0 Å². The molecule has 1 saturated carbocycles. The average molecular weight is 299 g/mol. The second kappa shape index (κ2) is 5.41. The van der Waals surface area contributed by atoms with Gasteiger partial charge in [0.1, 0.15) is 0 Å². The fourth-order valence-electron chi connectivity index (χ4n) is 2.95. The van der Waals surface area contributed by atoms with Gasteiger partial charge < -0.3 is 11.1 Å². The third kappa shape index (κ3) is 2.49. The summed E-state index contributed by atoms with van der Waals surface area (Å²) in [5, 5.41) is 3.92. The molecule has 1 aliphatic carbocycles. The van der Waals surface area contributed by atoms with Crippen LogP contribution in [-0.4, -0.2) is 15.9 Å². The molecule has 0 spiro atoms. The van der Waals surface area contributed by atoms with Gasteiger partial charge in [-0.2, -0.15) is 0 Å². The maximum absolute atomic E-state index is 12.6. The van der Waals surface area contributed by atoms with E-state index in [1.54, 1.807) is 6.20 Å². The largest absolute Gasteiger partial charge is 0.392 e. The molecule has 3 rings (SSSR count). The minimum atomic E-state index is -0.693. The molecule has 4 nitrogen and oxygen atoms in total. The Morgan fingerprint density at radius 2 is 2.00 bits per heavy atom. The molecule has 1 aliphatic rings. The molecule has 1 fully saturated rings. The fraction of sp³-hybridized carbons (Fsp3) is 0.312. The zero-order valence-corrected chi connectivity index (χ0v) is 12.5. The molecular formula is C16H17N3OS. The molecule has 1 amide bonds. The lowest BCUT2D eigenvalue weighted by Gasteiger charge is -2.26. The number of benzene rings is 1. The van der Waals surface area contributed by atoms with Gasteiger partial charge in [0.25, 0.3) is 0 Å². The molecule has 5 heteroatoms. The summed E-state index contributed by atoms with van der Waals surface area (Å²) in [5.41, 5.74) is 6.72. The van der Waals surface area contributed by atoms with Crippen molar-refractivity contribution < 1.29 is 4.79 Å². The van der Waals surface area contributed by atoms with E-state index in [1.165, 1.54) is 0 Å². The average Bonchev–Trinajstić information content (AvgIpc) is 2.98. The number of para-hydroxylation sites is 1. The molecule has 108 valence electrons. The van der Waals surface area contributed by atoms with Gasteiger partial charge in [-0.1, -0.05) is 43.3 Å². The standard InChI is InChI=1S/C16H17N3OS/c17-14(21)16(7-3-4-8-16)15(20)19-12-9-11-5-1-2-6-13(11)18-10-12/h1-2,5-6,9-10H,3-4,7-8H2,(H2,17,21)(H,19,20). The van der Waals surface area contributed by atoms with Crippen LogP contribution in [0.3, 0.4) is 0 Å². The second-order valence-electron chi connectivity index (χ2n) is 5.52. The number of carbonyl (C=O) groups is 1. The zero-order valence-electron chi connectivity index (χ0n) is 11.6. The van der Waals surface area contributed by atoms with Crippen LogP contribution in [0.5, 0.6) is 0 Å². The van der Waals surface area contributed by atoms with E-state index in [2.05, 4.69) is 10.3 Å². The number of nitrogens with one attached hydrogen (secondary N) is 1. The zero-order chi connectivity index (χ0) is 14.9. The van der Waals surface area contributed by atoms with Crippen LogP contribution in [0.25, 0.3) is 10.9 Å². The van der Waals surface area contributed by atoms with Crippen molar-refractivity contribution in [3.63, 3.8) is 0 Å². The number of fused-ring (bicyclic) bond motifs is 1. The Kier molecular flexibility index (Phi) is 3.59. The van der Waals surface area contributed by atoms with Crippen molar-refractivity contribution in [2.24, 2.45) is 11.1 Å². The molecule has 0 radical (unpaired) electrons. The maximum atomic E-state index is 12.6.